The number of hydrogen-bond acceptors (Lipinski definition) is 3. The van der Waals surface area contributed by atoms with Crippen molar-refractivity contribution in [1.29, 1.82) is 0 Å². The SMILES string of the molecule is C1=C/O/N=C/COCC/1. The fourth-order valence-electron chi connectivity index (χ4n) is 0.507. The molecule has 0 radical (unpaired) electrons. The van der Waals surface area contributed by atoms with Gasteiger partial charge >= 0.3 is 0 Å². The molecule has 0 spiro atoms. The molecular formula is C6H9NO2. The first-order valence-corrected chi connectivity index (χ1v) is 2.90. The van der Waals surface area contributed by atoms with E-state index in [1.165, 1.54) is 0 Å². The Bertz CT molecular complexity index is 106. The van der Waals surface area contributed by atoms with E-state index in [4.69, 9.17) is 4.74 Å². The summed E-state index contributed by atoms with van der Waals surface area (Å²) in [5.74, 6) is 0. The Balaban J connectivity index is 2.28. The van der Waals surface area contributed by atoms with Crippen LogP contribution in [0.15, 0.2) is 17.5 Å². The lowest BCUT2D eigenvalue weighted by atomic mass is 10.4. The van der Waals surface area contributed by atoms with Crippen LogP contribution in [0.2, 0.25) is 0 Å². The van der Waals surface area contributed by atoms with Gasteiger partial charge in [0.2, 0.25) is 0 Å². The summed E-state index contributed by atoms with van der Waals surface area (Å²) in [6.45, 7) is 1.29. The maximum atomic E-state index is 5.07. The molecule has 3 nitrogen and oxygen atoms in total. The van der Waals surface area contributed by atoms with Gasteiger partial charge in [0.1, 0.15) is 6.26 Å². The molecule has 1 rings (SSSR count). The summed E-state index contributed by atoms with van der Waals surface area (Å²) in [7, 11) is 0. The van der Waals surface area contributed by atoms with Crippen molar-refractivity contribution in [1.82, 2.24) is 0 Å². The van der Waals surface area contributed by atoms with Crippen molar-refractivity contribution in [3.05, 3.63) is 12.3 Å². The predicted molar refractivity (Wildman–Crippen MR) is 34.2 cm³/mol. The monoisotopic (exact) mass is 127 g/mol. The molecule has 0 aliphatic carbocycles. The van der Waals surface area contributed by atoms with Gasteiger partial charge in [-0.25, -0.2) is 0 Å². The minimum Gasteiger partial charge on any atom is -0.375 e. The normalized spacial score (nSPS) is 26.7. The average Bonchev–Trinajstić information content (AvgIpc) is 2.00. The second kappa shape index (κ2) is 4.09. The van der Waals surface area contributed by atoms with Crippen molar-refractivity contribution in [3.63, 3.8) is 0 Å². The Kier molecular flexibility index (Phi) is 2.86. The van der Waals surface area contributed by atoms with E-state index < -0.39 is 0 Å². The van der Waals surface area contributed by atoms with Gasteiger partial charge in [0.25, 0.3) is 0 Å². The summed E-state index contributed by atoms with van der Waals surface area (Å²) in [6, 6.07) is 0. The molecule has 0 saturated heterocycles. The standard InChI is InChI=1S/C6H9NO2/c1-2-5-9-7-3-6-8-4-1/h2-3,5H,1,4,6H2/b5-2+,7-3+. The Morgan fingerprint density at radius 2 is 2.44 bits per heavy atom. The quantitative estimate of drug-likeness (QED) is 0.484. The maximum absolute atomic E-state index is 5.07. The van der Waals surface area contributed by atoms with Crippen molar-refractivity contribution < 1.29 is 9.57 Å². The number of rotatable bonds is 0. The Morgan fingerprint density at radius 3 is 3.44 bits per heavy atom. The molecule has 0 aromatic rings. The fraction of sp³-hybridized carbons (Fsp3) is 0.500. The van der Waals surface area contributed by atoms with Crippen LogP contribution < -0.4 is 0 Å². The van der Waals surface area contributed by atoms with Gasteiger partial charge in [0.05, 0.1) is 19.4 Å². The third-order valence-corrected chi connectivity index (χ3v) is 0.914. The van der Waals surface area contributed by atoms with Gasteiger partial charge in [-0.15, -0.1) is 0 Å². The summed E-state index contributed by atoms with van der Waals surface area (Å²) >= 11 is 0. The van der Waals surface area contributed by atoms with Gasteiger partial charge in [0, 0.05) is 0 Å². The average molecular weight is 127 g/mol. The molecular weight excluding hydrogens is 118 g/mol. The summed E-state index contributed by atoms with van der Waals surface area (Å²) < 4.78 is 5.07. The lowest BCUT2D eigenvalue weighted by Crippen LogP contribution is -1.95. The van der Waals surface area contributed by atoms with Crippen LogP contribution in [-0.4, -0.2) is 19.4 Å². The van der Waals surface area contributed by atoms with E-state index in [0.717, 1.165) is 13.0 Å². The largest absolute Gasteiger partial charge is 0.375 e. The van der Waals surface area contributed by atoms with Crippen LogP contribution in [0.5, 0.6) is 0 Å². The lowest BCUT2D eigenvalue weighted by Gasteiger charge is -1.92. The van der Waals surface area contributed by atoms with Crippen LogP contribution >= 0.6 is 0 Å². The second-order valence-corrected chi connectivity index (χ2v) is 1.63. The van der Waals surface area contributed by atoms with Crippen LogP contribution in [0.4, 0.5) is 0 Å². The molecule has 0 unspecified atom stereocenters. The molecule has 1 aliphatic heterocycles. The van der Waals surface area contributed by atoms with Crippen LogP contribution in [0.1, 0.15) is 6.42 Å². The number of oxime groups is 1. The van der Waals surface area contributed by atoms with E-state index in [1.807, 2.05) is 6.08 Å². The zero-order valence-corrected chi connectivity index (χ0v) is 5.12. The number of ether oxygens (including phenoxy) is 1. The zero-order chi connectivity index (χ0) is 6.36. The molecule has 0 aromatic heterocycles. The van der Waals surface area contributed by atoms with Crippen molar-refractivity contribution in [2.75, 3.05) is 13.2 Å². The second-order valence-electron chi connectivity index (χ2n) is 1.63. The highest BCUT2D eigenvalue weighted by Gasteiger charge is 1.84. The third-order valence-electron chi connectivity index (χ3n) is 0.914. The minimum atomic E-state index is 0.543. The molecule has 3 heteroatoms. The van der Waals surface area contributed by atoms with Gasteiger partial charge < -0.3 is 9.57 Å². The number of hydrogen-bond donors (Lipinski definition) is 0. The van der Waals surface area contributed by atoms with Crippen molar-refractivity contribution >= 4 is 6.21 Å². The van der Waals surface area contributed by atoms with E-state index in [1.54, 1.807) is 12.5 Å². The maximum Gasteiger partial charge on any atom is 0.118 e. The highest BCUT2D eigenvalue weighted by molar-refractivity contribution is 5.57. The Hall–Kier alpha value is -0.830. The minimum absolute atomic E-state index is 0.543. The molecule has 9 heavy (non-hydrogen) atoms. The van der Waals surface area contributed by atoms with E-state index in [9.17, 15) is 0 Å². The van der Waals surface area contributed by atoms with Gasteiger partial charge in [-0.05, 0) is 12.5 Å². The van der Waals surface area contributed by atoms with Crippen LogP contribution in [-0.2, 0) is 9.57 Å². The molecule has 1 aliphatic rings. The van der Waals surface area contributed by atoms with Crippen LogP contribution in [0.25, 0.3) is 0 Å². The molecule has 50 valence electrons. The molecule has 0 fully saturated rings. The zero-order valence-electron chi connectivity index (χ0n) is 5.12. The van der Waals surface area contributed by atoms with Crippen molar-refractivity contribution in [2.24, 2.45) is 5.16 Å². The van der Waals surface area contributed by atoms with E-state index in [0.29, 0.717) is 6.61 Å². The molecule has 1 heterocycles. The molecule has 0 amide bonds. The molecule has 0 saturated carbocycles. The lowest BCUT2D eigenvalue weighted by molar-refractivity contribution is 0.179. The van der Waals surface area contributed by atoms with Crippen molar-refractivity contribution in [3.8, 4) is 0 Å². The highest BCUT2D eigenvalue weighted by Crippen LogP contribution is 1.88. The molecule has 0 aromatic carbocycles. The molecule has 0 N–H and O–H groups in total. The van der Waals surface area contributed by atoms with Gasteiger partial charge in [-0.2, -0.15) is 0 Å². The Labute approximate surface area is 53.9 Å². The molecule has 0 atom stereocenters. The van der Waals surface area contributed by atoms with Crippen LogP contribution in [0, 0.1) is 0 Å². The first-order valence-electron chi connectivity index (χ1n) is 2.90. The van der Waals surface area contributed by atoms with Gasteiger partial charge in [-0.1, -0.05) is 5.16 Å². The van der Waals surface area contributed by atoms with Gasteiger partial charge in [0.15, 0.2) is 0 Å². The highest BCUT2D eigenvalue weighted by atomic mass is 16.6. The van der Waals surface area contributed by atoms with E-state index in [-0.39, 0.29) is 0 Å². The first-order chi connectivity index (χ1) is 4.50. The molecule has 0 bridgehead atoms. The number of nitrogens with zero attached hydrogens (tertiary/aromatic N) is 1. The fourth-order valence-corrected chi connectivity index (χ4v) is 0.507. The Morgan fingerprint density at radius 1 is 1.44 bits per heavy atom. The van der Waals surface area contributed by atoms with E-state index >= 15 is 0 Å². The summed E-state index contributed by atoms with van der Waals surface area (Å²) in [6.07, 6.45) is 5.92. The smallest absolute Gasteiger partial charge is 0.118 e. The van der Waals surface area contributed by atoms with Gasteiger partial charge in [-0.3, -0.25) is 0 Å². The summed E-state index contributed by atoms with van der Waals surface area (Å²) in [5, 5.41) is 3.55. The van der Waals surface area contributed by atoms with Crippen LogP contribution in [0.3, 0.4) is 0 Å². The first kappa shape index (κ1) is 6.29. The summed E-state index contributed by atoms with van der Waals surface area (Å²) in [4.78, 5) is 4.66. The predicted octanol–water partition coefficient (Wildman–Crippen LogP) is 0.923. The van der Waals surface area contributed by atoms with Crippen molar-refractivity contribution in [2.45, 2.75) is 6.42 Å². The topological polar surface area (TPSA) is 30.8 Å². The third kappa shape index (κ3) is 2.87. The van der Waals surface area contributed by atoms with E-state index in [2.05, 4.69) is 9.99 Å². The summed E-state index contributed by atoms with van der Waals surface area (Å²) in [5.41, 5.74) is 0.